The second-order valence-electron chi connectivity index (χ2n) is 6.09. The fraction of sp³-hybridized carbons (Fsp3) is 0.333. The summed E-state index contributed by atoms with van der Waals surface area (Å²) in [7, 11) is -3.56. The lowest BCUT2D eigenvalue weighted by Gasteiger charge is -2.25. The molecule has 1 saturated heterocycles. The Morgan fingerprint density at radius 1 is 1.09 bits per heavy atom. The maximum absolute atomic E-state index is 13.1. The molecule has 23 heavy (non-hydrogen) atoms. The SMILES string of the molecule is Cc1ccc(C)c(S(=O)(=O)N2CCC[C@@H]2c2ccc(F)cc2)c1. The molecule has 0 aromatic heterocycles. The summed E-state index contributed by atoms with van der Waals surface area (Å²) < 4.78 is 40.9. The normalized spacial score (nSPS) is 19.2. The van der Waals surface area contributed by atoms with Gasteiger partial charge in [0.2, 0.25) is 10.0 Å². The molecule has 0 N–H and O–H groups in total. The first kappa shape index (κ1) is 16.1. The van der Waals surface area contributed by atoms with Gasteiger partial charge >= 0.3 is 0 Å². The Morgan fingerprint density at radius 3 is 2.48 bits per heavy atom. The van der Waals surface area contributed by atoms with E-state index < -0.39 is 10.0 Å². The minimum atomic E-state index is -3.56. The van der Waals surface area contributed by atoms with Crippen LogP contribution < -0.4 is 0 Å². The van der Waals surface area contributed by atoms with E-state index in [0.29, 0.717) is 11.4 Å². The summed E-state index contributed by atoms with van der Waals surface area (Å²) in [6.07, 6.45) is 1.57. The largest absolute Gasteiger partial charge is 0.243 e. The van der Waals surface area contributed by atoms with E-state index in [-0.39, 0.29) is 11.9 Å². The van der Waals surface area contributed by atoms with Gasteiger partial charge in [-0.05, 0) is 61.6 Å². The van der Waals surface area contributed by atoms with E-state index in [9.17, 15) is 12.8 Å². The van der Waals surface area contributed by atoms with E-state index in [4.69, 9.17) is 0 Å². The van der Waals surface area contributed by atoms with Crippen LogP contribution in [-0.2, 0) is 10.0 Å². The predicted molar refractivity (Wildman–Crippen MR) is 88.2 cm³/mol. The zero-order valence-corrected chi connectivity index (χ0v) is 14.1. The van der Waals surface area contributed by atoms with E-state index in [1.54, 1.807) is 22.5 Å². The zero-order chi connectivity index (χ0) is 16.6. The highest BCUT2D eigenvalue weighted by atomic mass is 32.2. The maximum Gasteiger partial charge on any atom is 0.243 e. The minimum Gasteiger partial charge on any atom is -0.207 e. The lowest BCUT2D eigenvalue weighted by molar-refractivity contribution is 0.396. The Labute approximate surface area is 136 Å². The van der Waals surface area contributed by atoms with Crippen LogP contribution >= 0.6 is 0 Å². The van der Waals surface area contributed by atoms with Gasteiger partial charge in [-0.1, -0.05) is 24.3 Å². The molecule has 0 unspecified atom stereocenters. The molecule has 1 fully saturated rings. The minimum absolute atomic E-state index is 0.222. The molecule has 1 heterocycles. The van der Waals surface area contributed by atoms with Gasteiger partial charge in [0.05, 0.1) is 10.9 Å². The summed E-state index contributed by atoms with van der Waals surface area (Å²) in [5, 5.41) is 0. The van der Waals surface area contributed by atoms with E-state index >= 15 is 0 Å². The van der Waals surface area contributed by atoms with Crippen LogP contribution in [0.1, 0.15) is 35.6 Å². The number of hydrogen-bond donors (Lipinski definition) is 0. The fourth-order valence-electron chi connectivity index (χ4n) is 3.16. The molecule has 1 aliphatic rings. The van der Waals surface area contributed by atoms with Crippen LogP contribution in [0.25, 0.3) is 0 Å². The third-order valence-corrected chi connectivity index (χ3v) is 6.44. The zero-order valence-electron chi connectivity index (χ0n) is 13.3. The monoisotopic (exact) mass is 333 g/mol. The van der Waals surface area contributed by atoms with Crippen LogP contribution in [0.3, 0.4) is 0 Å². The third-order valence-electron chi connectivity index (χ3n) is 4.39. The van der Waals surface area contributed by atoms with Crippen LogP contribution in [0.15, 0.2) is 47.4 Å². The predicted octanol–water partition coefficient (Wildman–Crippen LogP) is 3.97. The van der Waals surface area contributed by atoms with Crippen LogP contribution in [-0.4, -0.2) is 19.3 Å². The van der Waals surface area contributed by atoms with Gasteiger partial charge in [-0.15, -0.1) is 0 Å². The number of benzene rings is 2. The van der Waals surface area contributed by atoms with Crippen molar-refractivity contribution in [1.29, 1.82) is 0 Å². The van der Waals surface area contributed by atoms with Crippen molar-refractivity contribution in [2.75, 3.05) is 6.54 Å². The Balaban J connectivity index is 2.01. The second-order valence-corrected chi connectivity index (χ2v) is 7.95. The molecule has 0 bridgehead atoms. The number of aryl methyl sites for hydroxylation is 2. The second kappa shape index (κ2) is 6.06. The van der Waals surface area contributed by atoms with Gasteiger partial charge in [-0.25, -0.2) is 12.8 Å². The van der Waals surface area contributed by atoms with Gasteiger partial charge in [-0.2, -0.15) is 4.31 Å². The maximum atomic E-state index is 13.1. The molecule has 5 heteroatoms. The molecule has 122 valence electrons. The molecule has 0 saturated carbocycles. The van der Waals surface area contributed by atoms with Gasteiger partial charge < -0.3 is 0 Å². The number of rotatable bonds is 3. The summed E-state index contributed by atoms with van der Waals surface area (Å²) >= 11 is 0. The van der Waals surface area contributed by atoms with E-state index in [1.807, 2.05) is 26.0 Å². The first-order chi connectivity index (χ1) is 10.9. The molecule has 0 aliphatic carbocycles. The average Bonchev–Trinajstić information content (AvgIpc) is 3.00. The highest BCUT2D eigenvalue weighted by Gasteiger charge is 2.36. The van der Waals surface area contributed by atoms with Gasteiger partial charge in [0, 0.05) is 6.54 Å². The summed E-state index contributed by atoms with van der Waals surface area (Å²) in [6, 6.07) is 11.4. The summed E-state index contributed by atoms with van der Waals surface area (Å²) in [5.74, 6) is -0.310. The van der Waals surface area contributed by atoms with Crippen LogP contribution in [0.5, 0.6) is 0 Å². The van der Waals surface area contributed by atoms with Crippen molar-refractivity contribution in [1.82, 2.24) is 4.31 Å². The molecule has 1 aliphatic heterocycles. The standard InChI is InChI=1S/C18H20FNO2S/c1-13-5-6-14(2)18(12-13)23(21,22)20-11-3-4-17(20)15-7-9-16(19)10-8-15/h5-10,12,17H,3-4,11H2,1-2H3/t17-/m1/s1. The number of sulfonamides is 1. The molecule has 2 aromatic rings. The molecule has 2 aromatic carbocycles. The van der Waals surface area contributed by atoms with Crippen molar-refractivity contribution in [3.8, 4) is 0 Å². The molecule has 0 radical (unpaired) electrons. The van der Waals surface area contributed by atoms with E-state index in [0.717, 1.165) is 29.5 Å². The van der Waals surface area contributed by atoms with E-state index in [2.05, 4.69) is 0 Å². The highest BCUT2D eigenvalue weighted by Crippen LogP contribution is 2.37. The van der Waals surface area contributed by atoms with Crippen molar-refractivity contribution in [3.63, 3.8) is 0 Å². The molecule has 1 atom stereocenters. The van der Waals surface area contributed by atoms with Crippen LogP contribution in [0.2, 0.25) is 0 Å². The number of hydrogen-bond acceptors (Lipinski definition) is 2. The Kier molecular flexibility index (Phi) is 4.25. The lowest BCUT2D eigenvalue weighted by Crippen LogP contribution is -2.31. The fourth-order valence-corrected chi connectivity index (χ4v) is 5.15. The van der Waals surface area contributed by atoms with Crippen molar-refractivity contribution < 1.29 is 12.8 Å². The van der Waals surface area contributed by atoms with Crippen molar-refractivity contribution in [2.24, 2.45) is 0 Å². The molecule has 0 spiro atoms. The van der Waals surface area contributed by atoms with Crippen LogP contribution in [0, 0.1) is 19.7 Å². The highest BCUT2D eigenvalue weighted by molar-refractivity contribution is 7.89. The molecular weight excluding hydrogens is 313 g/mol. The third kappa shape index (κ3) is 3.03. The summed E-state index contributed by atoms with van der Waals surface area (Å²) in [5.41, 5.74) is 2.52. The first-order valence-electron chi connectivity index (χ1n) is 7.74. The van der Waals surface area contributed by atoms with Crippen molar-refractivity contribution in [3.05, 3.63) is 65.0 Å². The average molecular weight is 333 g/mol. The molecule has 0 amide bonds. The topological polar surface area (TPSA) is 37.4 Å². The summed E-state index contributed by atoms with van der Waals surface area (Å²) in [6.45, 7) is 4.20. The van der Waals surface area contributed by atoms with Crippen molar-refractivity contribution in [2.45, 2.75) is 37.6 Å². The Morgan fingerprint density at radius 2 is 1.78 bits per heavy atom. The lowest BCUT2D eigenvalue weighted by atomic mass is 10.1. The summed E-state index contributed by atoms with van der Waals surface area (Å²) in [4.78, 5) is 0.367. The molecular formula is C18H20FNO2S. The first-order valence-corrected chi connectivity index (χ1v) is 9.18. The molecule has 3 rings (SSSR count). The van der Waals surface area contributed by atoms with Crippen molar-refractivity contribution >= 4 is 10.0 Å². The number of halogens is 1. The molecule has 3 nitrogen and oxygen atoms in total. The van der Waals surface area contributed by atoms with Gasteiger partial charge in [-0.3, -0.25) is 0 Å². The van der Waals surface area contributed by atoms with Gasteiger partial charge in [0.1, 0.15) is 5.82 Å². The number of nitrogens with zero attached hydrogens (tertiary/aromatic N) is 1. The van der Waals surface area contributed by atoms with Crippen LogP contribution in [0.4, 0.5) is 4.39 Å². The Bertz CT molecular complexity index is 815. The van der Waals surface area contributed by atoms with Gasteiger partial charge in [0.15, 0.2) is 0 Å². The Hall–Kier alpha value is -1.72. The van der Waals surface area contributed by atoms with E-state index in [1.165, 1.54) is 12.1 Å². The smallest absolute Gasteiger partial charge is 0.207 e. The van der Waals surface area contributed by atoms with Gasteiger partial charge in [0.25, 0.3) is 0 Å². The quantitative estimate of drug-likeness (QED) is 0.852.